The highest BCUT2D eigenvalue weighted by Gasteiger charge is 2.21. The Hall–Kier alpha value is -3.08. The quantitative estimate of drug-likeness (QED) is 0.534. The van der Waals surface area contributed by atoms with Crippen molar-refractivity contribution >= 4 is 23.2 Å². The van der Waals surface area contributed by atoms with E-state index in [1.807, 2.05) is 36.4 Å². The number of rotatable bonds is 5. The van der Waals surface area contributed by atoms with E-state index in [4.69, 9.17) is 9.47 Å². The van der Waals surface area contributed by atoms with E-state index in [2.05, 4.69) is 0 Å². The zero-order chi connectivity index (χ0) is 17.1. The standard InChI is InChI=1S/C19H17NO4/c1-20-17-10-14(24-12-13-6-4-3-5-7-13)8-9-15(17)16(11-21)18(20)19(22)23-2/h3-11H,12H2,1-2H3. The van der Waals surface area contributed by atoms with Crippen molar-refractivity contribution in [3.63, 3.8) is 0 Å². The average molecular weight is 323 g/mol. The summed E-state index contributed by atoms with van der Waals surface area (Å²) in [5, 5.41) is 0.694. The van der Waals surface area contributed by atoms with Gasteiger partial charge < -0.3 is 14.0 Å². The molecule has 5 nitrogen and oxygen atoms in total. The van der Waals surface area contributed by atoms with E-state index in [0.29, 0.717) is 29.6 Å². The maximum Gasteiger partial charge on any atom is 0.355 e. The first-order valence-electron chi connectivity index (χ1n) is 7.48. The number of carbonyl (C=O) groups is 2. The third-order valence-corrected chi connectivity index (χ3v) is 3.96. The van der Waals surface area contributed by atoms with Gasteiger partial charge in [-0.05, 0) is 17.7 Å². The Balaban J connectivity index is 1.97. The van der Waals surface area contributed by atoms with Gasteiger partial charge in [-0.1, -0.05) is 30.3 Å². The zero-order valence-electron chi connectivity index (χ0n) is 13.5. The normalized spacial score (nSPS) is 10.6. The minimum Gasteiger partial charge on any atom is -0.489 e. The average Bonchev–Trinajstić information content (AvgIpc) is 2.91. The number of hydrogen-bond acceptors (Lipinski definition) is 4. The van der Waals surface area contributed by atoms with Crippen molar-refractivity contribution in [3.05, 3.63) is 65.4 Å². The molecule has 0 aliphatic rings. The molecule has 3 rings (SSSR count). The molecule has 3 aromatic rings. The number of ether oxygens (including phenoxy) is 2. The van der Waals surface area contributed by atoms with Crippen LogP contribution in [0.25, 0.3) is 10.9 Å². The van der Waals surface area contributed by atoms with Crippen LogP contribution in [-0.4, -0.2) is 23.9 Å². The Morgan fingerprint density at radius 2 is 1.92 bits per heavy atom. The lowest BCUT2D eigenvalue weighted by atomic mass is 10.1. The summed E-state index contributed by atoms with van der Waals surface area (Å²) in [5.74, 6) is 0.128. The van der Waals surface area contributed by atoms with Gasteiger partial charge in [0.2, 0.25) is 0 Å². The largest absolute Gasteiger partial charge is 0.489 e. The van der Waals surface area contributed by atoms with Crippen LogP contribution in [0.1, 0.15) is 26.4 Å². The van der Waals surface area contributed by atoms with E-state index in [-0.39, 0.29) is 5.69 Å². The van der Waals surface area contributed by atoms with Gasteiger partial charge in [-0.25, -0.2) is 4.79 Å². The molecule has 0 N–H and O–H groups in total. The van der Waals surface area contributed by atoms with Crippen LogP contribution in [0.2, 0.25) is 0 Å². The number of benzene rings is 2. The molecular formula is C19H17NO4. The van der Waals surface area contributed by atoms with Crippen LogP contribution in [0.3, 0.4) is 0 Å². The van der Waals surface area contributed by atoms with Crippen LogP contribution in [-0.2, 0) is 18.4 Å². The van der Waals surface area contributed by atoms with Crippen molar-refractivity contribution in [1.82, 2.24) is 4.57 Å². The van der Waals surface area contributed by atoms with Crippen LogP contribution in [0.5, 0.6) is 5.75 Å². The lowest BCUT2D eigenvalue weighted by Crippen LogP contribution is -2.09. The molecule has 122 valence electrons. The summed E-state index contributed by atoms with van der Waals surface area (Å²) in [6.45, 7) is 0.446. The number of aromatic nitrogens is 1. The summed E-state index contributed by atoms with van der Waals surface area (Å²) >= 11 is 0. The fourth-order valence-corrected chi connectivity index (χ4v) is 2.74. The van der Waals surface area contributed by atoms with Crippen molar-refractivity contribution in [3.8, 4) is 5.75 Å². The molecule has 1 heterocycles. The van der Waals surface area contributed by atoms with Gasteiger partial charge in [0, 0.05) is 18.5 Å². The first-order chi connectivity index (χ1) is 11.7. The molecule has 0 aliphatic carbocycles. The van der Waals surface area contributed by atoms with Crippen molar-refractivity contribution in [2.45, 2.75) is 6.61 Å². The monoisotopic (exact) mass is 323 g/mol. The van der Waals surface area contributed by atoms with Crippen molar-refractivity contribution in [2.75, 3.05) is 7.11 Å². The third kappa shape index (κ3) is 2.76. The molecule has 0 saturated carbocycles. The Morgan fingerprint density at radius 3 is 2.58 bits per heavy atom. The first-order valence-corrected chi connectivity index (χ1v) is 7.48. The van der Waals surface area contributed by atoms with E-state index in [0.717, 1.165) is 11.1 Å². The number of aldehydes is 1. The van der Waals surface area contributed by atoms with Gasteiger partial charge in [-0.15, -0.1) is 0 Å². The number of carbonyl (C=O) groups excluding carboxylic acids is 2. The molecule has 0 unspecified atom stereocenters. The van der Waals surface area contributed by atoms with Gasteiger partial charge in [0.15, 0.2) is 6.29 Å². The molecule has 1 aromatic heterocycles. The summed E-state index contributed by atoms with van der Waals surface area (Å²) in [6.07, 6.45) is 0.680. The predicted molar refractivity (Wildman–Crippen MR) is 90.4 cm³/mol. The number of hydrogen-bond donors (Lipinski definition) is 0. The van der Waals surface area contributed by atoms with Gasteiger partial charge in [-0.3, -0.25) is 4.79 Å². The third-order valence-electron chi connectivity index (χ3n) is 3.96. The lowest BCUT2D eigenvalue weighted by Gasteiger charge is -2.07. The molecule has 0 atom stereocenters. The Bertz CT molecular complexity index is 897. The number of nitrogens with zero attached hydrogens (tertiary/aromatic N) is 1. The summed E-state index contributed by atoms with van der Waals surface area (Å²) in [5.41, 5.74) is 2.37. The molecule has 0 spiro atoms. The van der Waals surface area contributed by atoms with Crippen LogP contribution < -0.4 is 4.74 Å². The first kappa shape index (κ1) is 15.8. The smallest absolute Gasteiger partial charge is 0.355 e. The molecule has 5 heteroatoms. The highest BCUT2D eigenvalue weighted by molar-refractivity contribution is 6.08. The van der Waals surface area contributed by atoms with Crippen LogP contribution in [0.15, 0.2) is 48.5 Å². The zero-order valence-corrected chi connectivity index (χ0v) is 13.5. The molecule has 0 saturated heterocycles. The summed E-state index contributed by atoms with van der Waals surface area (Å²) in [7, 11) is 3.02. The highest BCUT2D eigenvalue weighted by atomic mass is 16.5. The minimum absolute atomic E-state index is 0.239. The van der Waals surface area contributed by atoms with Crippen molar-refractivity contribution < 1.29 is 19.1 Å². The summed E-state index contributed by atoms with van der Waals surface area (Å²) < 4.78 is 12.2. The minimum atomic E-state index is -0.539. The second-order valence-electron chi connectivity index (χ2n) is 5.38. The number of aryl methyl sites for hydroxylation is 1. The van der Waals surface area contributed by atoms with Crippen molar-refractivity contribution in [1.29, 1.82) is 0 Å². The van der Waals surface area contributed by atoms with Crippen LogP contribution in [0.4, 0.5) is 0 Å². The fourth-order valence-electron chi connectivity index (χ4n) is 2.74. The second kappa shape index (κ2) is 6.58. The van der Waals surface area contributed by atoms with Gasteiger partial charge >= 0.3 is 5.97 Å². The van der Waals surface area contributed by atoms with E-state index < -0.39 is 5.97 Å². The Kier molecular flexibility index (Phi) is 4.33. The SMILES string of the molecule is COC(=O)c1c(C=O)c2ccc(OCc3ccccc3)cc2n1C. The molecule has 0 radical (unpaired) electrons. The van der Waals surface area contributed by atoms with E-state index in [9.17, 15) is 9.59 Å². The maximum atomic E-state index is 11.9. The van der Waals surface area contributed by atoms with E-state index in [1.165, 1.54) is 7.11 Å². The van der Waals surface area contributed by atoms with Gasteiger partial charge in [0.25, 0.3) is 0 Å². The Labute approximate surface area is 139 Å². The van der Waals surface area contributed by atoms with Crippen LogP contribution >= 0.6 is 0 Å². The number of fused-ring (bicyclic) bond motifs is 1. The molecular weight excluding hydrogens is 306 g/mol. The van der Waals surface area contributed by atoms with Crippen molar-refractivity contribution in [2.24, 2.45) is 7.05 Å². The highest BCUT2D eigenvalue weighted by Crippen LogP contribution is 2.28. The molecule has 0 bridgehead atoms. The van der Waals surface area contributed by atoms with E-state index >= 15 is 0 Å². The lowest BCUT2D eigenvalue weighted by molar-refractivity contribution is 0.0588. The molecule has 2 aromatic carbocycles. The summed E-state index contributed by atoms with van der Waals surface area (Å²) in [6, 6.07) is 15.2. The maximum absolute atomic E-state index is 11.9. The van der Waals surface area contributed by atoms with Gasteiger partial charge in [-0.2, -0.15) is 0 Å². The molecule has 0 fully saturated rings. The molecule has 0 aliphatic heterocycles. The molecule has 0 amide bonds. The van der Waals surface area contributed by atoms with E-state index in [1.54, 1.807) is 23.7 Å². The number of methoxy groups -OCH3 is 1. The van der Waals surface area contributed by atoms with Gasteiger partial charge in [0.1, 0.15) is 18.1 Å². The van der Waals surface area contributed by atoms with Crippen LogP contribution in [0, 0.1) is 0 Å². The predicted octanol–water partition coefficient (Wildman–Crippen LogP) is 3.36. The second-order valence-corrected chi connectivity index (χ2v) is 5.38. The molecule has 24 heavy (non-hydrogen) atoms. The Morgan fingerprint density at radius 1 is 1.17 bits per heavy atom. The number of esters is 1. The fraction of sp³-hybridized carbons (Fsp3) is 0.158. The topological polar surface area (TPSA) is 57.5 Å². The summed E-state index contributed by atoms with van der Waals surface area (Å²) in [4.78, 5) is 23.4. The van der Waals surface area contributed by atoms with Gasteiger partial charge in [0.05, 0.1) is 18.2 Å².